The van der Waals surface area contributed by atoms with Crippen LogP contribution in [0.2, 0.25) is 0 Å². The highest BCUT2D eigenvalue weighted by Crippen LogP contribution is 2.27. The number of primary amides is 1. The van der Waals surface area contributed by atoms with Gasteiger partial charge in [0.25, 0.3) is 0 Å². The van der Waals surface area contributed by atoms with Gasteiger partial charge in [0, 0.05) is 55.3 Å². The molecule has 0 atom stereocenters. The summed E-state index contributed by atoms with van der Waals surface area (Å²) >= 11 is 0. The van der Waals surface area contributed by atoms with Crippen LogP contribution in [0.5, 0.6) is 5.75 Å². The van der Waals surface area contributed by atoms with Gasteiger partial charge in [0.1, 0.15) is 11.6 Å². The maximum Gasteiger partial charge on any atom is 0.573 e. The number of aryl methyl sites for hydroxylation is 1. The first-order chi connectivity index (χ1) is 21.0. The lowest BCUT2D eigenvalue weighted by Crippen LogP contribution is -2.20. The number of nitrogens with one attached hydrogen (secondary N) is 3. The van der Waals surface area contributed by atoms with Gasteiger partial charge in [-0.2, -0.15) is 4.98 Å². The van der Waals surface area contributed by atoms with E-state index in [0.29, 0.717) is 41.7 Å². The fourth-order valence-electron chi connectivity index (χ4n) is 4.17. The molecule has 0 saturated heterocycles. The molecule has 0 spiro atoms. The Labute approximate surface area is 251 Å². The fourth-order valence-corrected chi connectivity index (χ4v) is 4.17. The number of urea groups is 1. The second kappa shape index (κ2) is 14.2. The molecule has 0 aliphatic rings. The van der Waals surface area contributed by atoms with Crippen LogP contribution < -0.4 is 31.3 Å². The number of carbonyl (C=O) groups is 2. The number of halogens is 3. The Morgan fingerprint density at radius 1 is 0.932 bits per heavy atom. The minimum atomic E-state index is -4.80. The predicted octanol–water partition coefficient (Wildman–Crippen LogP) is 6.21. The number of nitrogens with zero attached hydrogens (tertiary/aromatic N) is 3. The van der Waals surface area contributed by atoms with Crippen molar-refractivity contribution in [2.45, 2.75) is 19.2 Å². The first-order valence-corrected chi connectivity index (χ1v) is 13.3. The van der Waals surface area contributed by atoms with E-state index in [0.717, 1.165) is 29.8 Å². The van der Waals surface area contributed by atoms with Gasteiger partial charge in [-0.1, -0.05) is 6.07 Å². The van der Waals surface area contributed by atoms with Gasteiger partial charge in [0.15, 0.2) is 0 Å². The number of aromatic nitrogens is 2. The van der Waals surface area contributed by atoms with E-state index in [1.165, 1.54) is 12.1 Å². The summed E-state index contributed by atoms with van der Waals surface area (Å²) in [4.78, 5) is 35.1. The van der Waals surface area contributed by atoms with E-state index in [1.54, 1.807) is 49.7 Å². The average molecular weight is 610 g/mol. The molecule has 0 aliphatic carbocycles. The summed E-state index contributed by atoms with van der Waals surface area (Å²) in [5, 5.41) is 8.31. The predicted molar refractivity (Wildman–Crippen MR) is 161 cm³/mol. The summed E-state index contributed by atoms with van der Waals surface area (Å²) in [6.45, 7) is 0.575. The van der Waals surface area contributed by atoms with Crippen LogP contribution >= 0.6 is 0 Å². The van der Waals surface area contributed by atoms with E-state index in [-0.39, 0.29) is 5.69 Å². The molecule has 4 aromatic rings. The number of nitrogens with two attached hydrogens (primary N) is 1. The van der Waals surface area contributed by atoms with Gasteiger partial charge >= 0.3 is 12.4 Å². The third-order valence-corrected chi connectivity index (χ3v) is 6.27. The maximum atomic E-state index is 12.4. The van der Waals surface area contributed by atoms with Crippen LogP contribution in [-0.4, -0.2) is 49.0 Å². The van der Waals surface area contributed by atoms with Crippen molar-refractivity contribution in [1.82, 2.24) is 9.97 Å². The van der Waals surface area contributed by atoms with Gasteiger partial charge in [0.2, 0.25) is 11.9 Å². The highest BCUT2D eigenvalue weighted by molar-refractivity contribution is 6.00. The molecule has 0 unspecified atom stereocenters. The van der Waals surface area contributed by atoms with Crippen LogP contribution in [0.3, 0.4) is 0 Å². The first-order valence-electron chi connectivity index (χ1n) is 13.3. The second-order valence-electron chi connectivity index (χ2n) is 9.45. The molecule has 1 heterocycles. The molecule has 0 bridgehead atoms. The number of rotatable bonds is 12. The Kier molecular flexibility index (Phi) is 10.2. The van der Waals surface area contributed by atoms with Crippen LogP contribution in [0.1, 0.15) is 22.3 Å². The highest BCUT2D eigenvalue weighted by Gasteiger charge is 2.31. The Balaban J connectivity index is 1.36. The summed E-state index contributed by atoms with van der Waals surface area (Å²) in [5.74, 6) is -0.0374. The van der Waals surface area contributed by atoms with E-state index in [2.05, 4.69) is 30.7 Å². The molecule has 0 aliphatic heterocycles. The fraction of sp³-hybridized carbons (Fsp3) is 0.200. The lowest BCUT2D eigenvalue weighted by atomic mass is 10.0. The first kappa shape index (κ1) is 31.6. The van der Waals surface area contributed by atoms with Crippen molar-refractivity contribution in [2.24, 2.45) is 5.73 Å². The van der Waals surface area contributed by atoms with Crippen LogP contribution in [-0.2, 0) is 11.2 Å². The maximum absolute atomic E-state index is 12.4. The molecular formula is C30H30F3N7O4. The third kappa shape index (κ3) is 9.06. The van der Waals surface area contributed by atoms with Crippen molar-refractivity contribution in [3.8, 4) is 5.75 Å². The minimum Gasteiger partial charge on any atom is -0.406 e. The highest BCUT2D eigenvalue weighted by atomic mass is 19.4. The summed E-state index contributed by atoms with van der Waals surface area (Å²) in [6, 6.07) is 18.2. The lowest BCUT2D eigenvalue weighted by Gasteiger charge is -2.19. The smallest absolute Gasteiger partial charge is 0.406 e. The van der Waals surface area contributed by atoms with Gasteiger partial charge in [0.05, 0.1) is 0 Å². The molecule has 1 aromatic heterocycles. The van der Waals surface area contributed by atoms with E-state index < -0.39 is 24.1 Å². The van der Waals surface area contributed by atoms with Crippen LogP contribution in [0.4, 0.5) is 52.5 Å². The standard InChI is InChI=1S/C30H30F3N7O4/c1-40(23-11-7-20(8-12-23)37-29(42)38-21-9-13-24(14-10-21)44-30(31,32)33)26-15-16-35-28(39-26)36-22-6-5-19(4-3-17-43-2)25(18-22)27(34)41/h5-16,18H,3-4,17H2,1-2H3,(H2,34,41)(H,35,36,39)(H2,37,38,42). The van der Waals surface area contributed by atoms with Crippen molar-refractivity contribution in [1.29, 1.82) is 0 Å². The number of ether oxygens (including phenoxy) is 2. The number of anilines is 6. The molecule has 230 valence electrons. The van der Waals surface area contributed by atoms with Crippen molar-refractivity contribution in [2.75, 3.05) is 41.6 Å². The molecule has 0 saturated carbocycles. The third-order valence-electron chi connectivity index (χ3n) is 6.27. The number of hydrogen-bond donors (Lipinski definition) is 4. The molecule has 0 fully saturated rings. The van der Waals surface area contributed by atoms with Crippen molar-refractivity contribution in [3.05, 3.63) is 90.1 Å². The zero-order valence-corrected chi connectivity index (χ0v) is 23.8. The molecule has 3 amide bonds. The Morgan fingerprint density at radius 2 is 1.57 bits per heavy atom. The zero-order chi connectivity index (χ0) is 31.7. The van der Waals surface area contributed by atoms with Gasteiger partial charge in [-0.05, 0) is 85.1 Å². The van der Waals surface area contributed by atoms with E-state index in [1.807, 2.05) is 24.1 Å². The second-order valence-corrected chi connectivity index (χ2v) is 9.45. The molecule has 14 heteroatoms. The lowest BCUT2D eigenvalue weighted by molar-refractivity contribution is -0.274. The number of hydrogen-bond acceptors (Lipinski definition) is 8. The summed E-state index contributed by atoms with van der Waals surface area (Å²) in [5.41, 5.74) is 8.98. The summed E-state index contributed by atoms with van der Waals surface area (Å²) < 4.78 is 45.9. The van der Waals surface area contributed by atoms with E-state index in [9.17, 15) is 22.8 Å². The normalized spacial score (nSPS) is 11.0. The van der Waals surface area contributed by atoms with E-state index >= 15 is 0 Å². The molecule has 5 N–H and O–H groups in total. The van der Waals surface area contributed by atoms with Crippen molar-refractivity contribution < 1.29 is 32.2 Å². The molecule has 0 radical (unpaired) electrons. The van der Waals surface area contributed by atoms with Gasteiger partial charge in [-0.15, -0.1) is 13.2 Å². The number of amides is 3. The zero-order valence-electron chi connectivity index (χ0n) is 23.8. The number of alkyl halides is 3. The van der Waals surface area contributed by atoms with Gasteiger partial charge in [-0.3, -0.25) is 4.79 Å². The van der Waals surface area contributed by atoms with Gasteiger partial charge < -0.3 is 36.1 Å². The van der Waals surface area contributed by atoms with Crippen LogP contribution in [0, 0.1) is 0 Å². The topological polar surface area (TPSA) is 144 Å². The monoisotopic (exact) mass is 609 g/mol. The molecule has 44 heavy (non-hydrogen) atoms. The Hall–Kier alpha value is -5.37. The number of carbonyl (C=O) groups excluding carboxylic acids is 2. The Bertz CT molecular complexity index is 1580. The minimum absolute atomic E-state index is 0.283. The van der Waals surface area contributed by atoms with Crippen LogP contribution in [0.15, 0.2) is 79.0 Å². The quantitative estimate of drug-likeness (QED) is 0.139. The van der Waals surface area contributed by atoms with Crippen LogP contribution in [0.25, 0.3) is 0 Å². The SMILES string of the molecule is COCCCc1ccc(Nc2nccc(N(C)c3ccc(NC(=O)Nc4ccc(OC(F)(F)F)cc4)cc3)n2)cc1C(N)=O. The molecule has 3 aromatic carbocycles. The van der Waals surface area contributed by atoms with E-state index in [4.69, 9.17) is 10.5 Å². The molecule has 11 nitrogen and oxygen atoms in total. The van der Waals surface area contributed by atoms with Crippen molar-refractivity contribution in [3.63, 3.8) is 0 Å². The number of methoxy groups -OCH3 is 1. The average Bonchev–Trinajstić information content (AvgIpc) is 2.98. The summed E-state index contributed by atoms with van der Waals surface area (Å²) in [7, 11) is 3.44. The Morgan fingerprint density at radius 3 is 2.18 bits per heavy atom. The van der Waals surface area contributed by atoms with Gasteiger partial charge in [-0.25, -0.2) is 9.78 Å². The molecular weight excluding hydrogens is 579 g/mol. The largest absolute Gasteiger partial charge is 0.573 e. The summed E-state index contributed by atoms with van der Waals surface area (Å²) in [6.07, 6.45) is -1.79. The molecule has 4 rings (SSSR count). The number of benzene rings is 3. The van der Waals surface area contributed by atoms with Crippen molar-refractivity contribution >= 4 is 46.5 Å².